The van der Waals surface area contributed by atoms with Gasteiger partial charge in [0.1, 0.15) is 5.82 Å². The van der Waals surface area contributed by atoms with Crippen LogP contribution >= 0.6 is 0 Å². The number of amides is 1. The molecule has 11 heteroatoms. The number of pyridine rings is 1. The van der Waals surface area contributed by atoms with E-state index in [0.29, 0.717) is 32.0 Å². The number of aromatic nitrogens is 3. The van der Waals surface area contributed by atoms with Crippen molar-refractivity contribution in [2.24, 2.45) is 13.0 Å². The van der Waals surface area contributed by atoms with Gasteiger partial charge >= 0.3 is 6.18 Å². The maximum atomic E-state index is 14.0. The fraction of sp³-hybridized carbons (Fsp3) is 0.367. The van der Waals surface area contributed by atoms with Gasteiger partial charge in [-0.15, -0.1) is 0 Å². The van der Waals surface area contributed by atoms with E-state index >= 15 is 0 Å². The SMILES string of the molecule is C=C(NC1=CC(C)C(c2cncc3c2c(C)nn3C)C=C1)Nc1ccc(C(=O)N2CCN(C)CC2)c(C(F)(F)F)c1. The van der Waals surface area contributed by atoms with Crippen LogP contribution in [0.4, 0.5) is 18.9 Å². The summed E-state index contributed by atoms with van der Waals surface area (Å²) in [6.45, 7) is 10.1. The number of anilines is 1. The quantitative estimate of drug-likeness (QED) is 0.437. The number of hydrogen-bond donors (Lipinski definition) is 2. The Morgan fingerprint density at radius 2 is 1.83 bits per heavy atom. The molecular weight excluding hydrogens is 531 g/mol. The molecule has 1 amide bonds. The van der Waals surface area contributed by atoms with Gasteiger partial charge in [0.25, 0.3) is 5.91 Å². The first-order chi connectivity index (χ1) is 19.4. The number of nitrogens with one attached hydrogen (secondary N) is 2. The summed E-state index contributed by atoms with van der Waals surface area (Å²) < 4.78 is 43.8. The van der Waals surface area contributed by atoms with Crippen LogP contribution in [0.1, 0.15) is 40.0 Å². The highest BCUT2D eigenvalue weighted by molar-refractivity contribution is 5.96. The Morgan fingerprint density at radius 3 is 2.51 bits per heavy atom. The van der Waals surface area contributed by atoms with Crippen LogP contribution in [0, 0.1) is 12.8 Å². The summed E-state index contributed by atoms with van der Waals surface area (Å²) in [5.74, 6) is -0.105. The number of aryl methyl sites for hydroxylation is 2. The van der Waals surface area contributed by atoms with Crippen LogP contribution in [-0.4, -0.2) is 63.7 Å². The minimum Gasteiger partial charge on any atom is -0.343 e. The van der Waals surface area contributed by atoms with Crippen molar-refractivity contribution in [3.8, 4) is 0 Å². The smallest absolute Gasteiger partial charge is 0.343 e. The van der Waals surface area contributed by atoms with Gasteiger partial charge in [-0.2, -0.15) is 18.3 Å². The molecule has 0 bridgehead atoms. The third-order valence-corrected chi connectivity index (χ3v) is 7.75. The molecule has 3 heterocycles. The zero-order valence-electron chi connectivity index (χ0n) is 23.6. The third-order valence-electron chi connectivity index (χ3n) is 7.75. The molecule has 2 atom stereocenters. The minimum absolute atomic E-state index is 0.0839. The number of carbonyl (C=O) groups excluding carboxylic acids is 1. The number of likely N-dealkylation sites (N-methyl/N-ethyl adjacent to an activating group) is 1. The van der Waals surface area contributed by atoms with E-state index in [-0.39, 0.29) is 23.1 Å². The summed E-state index contributed by atoms with van der Waals surface area (Å²) in [5.41, 5.74) is 2.64. The van der Waals surface area contributed by atoms with E-state index in [1.807, 2.05) is 49.1 Å². The second-order valence-corrected chi connectivity index (χ2v) is 10.8. The maximum absolute atomic E-state index is 14.0. The molecule has 41 heavy (non-hydrogen) atoms. The van der Waals surface area contributed by atoms with Gasteiger partial charge in [-0.25, -0.2) is 0 Å². The lowest BCUT2D eigenvalue weighted by atomic mass is 9.82. The molecule has 3 aromatic rings. The van der Waals surface area contributed by atoms with Gasteiger partial charge in [0.2, 0.25) is 0 Å². The monoisotopic (exact) mass is 565 g/mol. The Hall–Kier alpha value is -4.12. The number of alkyl halides is 3. The molecule has 1 saturated heterocycles. The number of hydrogen-bond acceptors (Lipinski definition) is 6. The number of carbonyl (C=O) groups is 1. The van der Waals surface area contributed by atoms with E-state index in [0.717, 1.165) is 33.9 Å². The average Bonchev–Trinajstić information content (AvgIpc) is 3.21. The molecule has 2 N–H and O–H groups in total. The van der Waals surface area contributed by atoms with E-state index in [9.17, 15) is 18.0 Å². The van der Waals surface area contributed by atoms with Gasteiger partial charge in [-0.3, -0.25) is 14.5 Å². The zero-order chi connectivity index (χ0) is 29.5. The number of benzene rings is 1. The molecule has 0 saturated carbocycles. The molecule has 2 unspecified atom stereocenters. The summed E-state index contributed by atoms with van der Waals surface area (Å²) in [6, 6.07) is 3.67. The van der Waals surface area contributed by atoms with Gasteiger partial charge in [0.05, 0.1) is 28.5 Å². The van der Waals surface area contributed by atoms with Crippen LogP contribution in [0.15, 0.2) is 66.9 Å². The number of piperazine rings is 1. The van der Waals surface area contributed by atoms with Crippen molar-refractivity contribution in [3.63, 3.8) is 0 Å². The van der Waals surface area contributed by atoms with Crippen LogP contribution in [0.3, 0.4) is 0 Å². The molecule has 2 aromatic heterocycles. The summed E-state index contributed by atoms with van der Waals surface area (Å²) in [5, 5.41) is 11.7. The Balaban J connectivity index is 1.29. The molecular formula is C30H34F3N7O. The Bertz CT molecular complexity index is 1550. The lowest BCUT2D eigenvalue weighted by Crippen LogP contribution is -2.47. The molecule has 0 radical (unpaired) electrons. The van der Waals surface area contributed by atoms with Crippen LogP contribution in [0.5, 0.6) is 0 Å². The van der Waals surface area contributed by atoms with Gasteiger partial charge in [0, 0.05) is 62.1 Å². The fourth-order valence-corrected chi connectivity index (χ4v) is 5.58. The standard InChI is InChI=1S/C30H34F3N7O/c1-18-14-21(6-8-23(18)25-16-34-17-27-28(25)19(2)37-39(27)5)35-20(3)36-22-7-9-24(26(15-22)30(31,32)33)29(41)40-12-10-38(4)11-13-40/h6-9,14-18,23,35-36H,3,10-13H2,1-2,4-5H3. The van der Waals surface area contributed by atoms with Crippen molar-refractivity contribution in [3.05, 3.63) is 89.3 Å². The maximum Gasteiger partial charge on any atom is 0.417 e. The van der Waals surface area contributed by atoms with Crippen molar-refractivity contribution < 1.29 is 18.0 Å². The van der Waals surface area contributed by atoms with Crippen LogP contribution < -0.4 is 10.6 Å². The van der Waals surface area contributed by atoms with Gasteiger partial charge in [0.15, 0.2) is 0 Å². The number of nitrogens with zero attached hydrogens (tertiary/aromatic N) is 5. The van der Waals surface area contributed by atoms with Gasteiger partial charge < -0.3 is 20.4 Å². The highest BCUT2D eigenvalue weighted by Gasteiger charge is 2.37. The summed E-state index contributed by atoms with van der Waals surface area (Å²) in [6.07, 6.45) is 5.08. The summed E-state index contributed by atoms with van der Waals surface area (Å²) in [4.78, 5) is 20.9. The van der Waals surface area contributed by atoms with Crippen molar-refractivity contribution in [1.29, 1.82) is 0 Å². The molecule has 216 valence electrons. The van der Waals surface area contributed by atoms with Crippen LogP contribution in [0.25, 0.3) is 10.9 Å². The lowest BCUT2D eigenvalue weighted by molar-refractivity contribution is -0.138. The van der Waals surface area contributed by atoms with Crippen molar-refractivity contribution in [2.75, 3.05) is 38.5 Å². The van der Waals surface area contributed by atoms with Crippen LogP contribution in [0.2, 0.25) is 0 Å². The van der Waals surface area contributed by atoms with Crippen molar-refractivity contribution >= 4 is 22.5 Å². The molecule has 2 aliphatic rings. The van der Waals surface area contributed by atoms with Gasteiger partial charge in [-0.05, 0) is 49.7 Å². The van der Waals surface area contributed by atoms with E-state index in [1.54, 1.807) is 0 Å². The first-order valence-corrected chi connectivity index (χ1v) is 13.5. The number of fused-ring (bicyclic) bond motifs is 1. The molecule has 1 aliphatic heterocycles. The predicted octanol–water partition coefficient (Wildman–Crippen LogP) is 5.03. The molecule has 8 nitrogen and oxygen atoms in total. The van der Waals surface area contributed by atoms with Crippen LogP contribution in [-0.2, 0) is 13.2 Å². The zero-order valence-corrected chi connectivity index (χ0v) is 23.6. The molecule has 1 aliphatic carbocycles. The highest BCUT2D eigenvalue weighted by atomic mass is 19.4. The second kappa shape index (κ2) is 11.0. The fourth-order valence-electron chi connectivity index (χ4n) is 5.58. The number of allylic oxidation sites excluding steroid dienone is 3. The largest absolute Gasteiger partial charge is 0.417 e. The Labute approximate surface area is 237 Å². The molecule has 5 rings (SSSR count). The topological polar surface area (TPSA) is 78.3 Å². The van der Waals surface area contributed by atoms with E-state index in [1.165, 1.54) is 17.0 Å². The number of halogens is 3. The third kappa shape index (κ3) is 5.85. The van der Waals surface area contributed by atoms with E-state index in [2.05, 4.69) is 46.4 Å². The van der Waals surface area contributed by atoms with Crippen molar-refractivity contribution in [2.45, 2.75) is 25.9 Å². The summed E-state index contributed by atoms with van der Waals surface area (Å²) >= 11 is 0. The molecule has 1 fully saturated rings. The van der Waals surface area contributed by atoms with E-state index in [4.69, 9.17) is 0 Å². The first kappa shape index (κ1) is 28.4. The highest BCUT2D eigenvalue weighted by Crippen LogP contribution is 2.37. The first-order valence-electron chi connectivity index (χ1n) is 13.5. The Kier molecular flexibility index (Phi) is 7.65. The second-order valence-electron chi connectivity index (χ2n) is 10.8. The normalized spacial score (nSPS) is 19.8. The lowest BCUT2D eigenvalue weighted by Gasteiger charge is -2.33. The molecule has 0 spiro atoms. The summed E-state index contributed by atoms with van der Waals surface area (Å²) in [7, 11) is 3.82. The minimum atomic E-state index is -4.69. The number of rotatable bonds is 6. The van der Waals surface area contributed by atoms with Gasteiger partial charge in [-0.1, -0.05) is 25.7 Å². The average molecular weight is 566 g/mol. The van der Waals surface area contributed by atoms with Crippen molar-refractivity contribution in [1.82, 2.24) is 29.9 Å². The van der Waals surface area contributed by atoms with E-state index < -0.39 is 17.6 Å². The Morgan fingerprint density at radius 1 is 1.10 bits per heavy atom. The predicted molar refractivity (Wildman–Crippen MR) is 153 cm³/mol. The molecule has 1 aromatic carbocycles.